The number of fused-ring (bicyclic) bond motifs is 1. The predicted molar refractivity (Wildman–Crippen MR) is 384 cm³/mol. The van der Waals surface area contributed by atoms with Crippen LogP contribution in [0.25, 0.3) is 10.9 Å². The number of aromatic amines is 1. The first-order chi connectivity index (χ1) is 47.7. The van der Waals surface area contributed by atoms with Gasteiger partial charge in [0.25, 0.3) is 0 Å². The number of carboxylic acids is 2. The molecule has 3 rings (SSSR count). The van der Waals surface area contributed by atoms with Crippen LogP contribution in [-0.2, 0) is 84.8 Å². The van der Waals surface area contributed by atoms with Gasteiger partial charge in [0.2, 0.25) is 76.8 Å². The minimum Gasteiger partial charge on any atom is -0.508 e. The molecule has 0 aliphatic heterocycles. The van der Waals surface area contributed by atoms with E-state index >= 15 is 0 Å². The predicted octanol–water partition coefficient (Wildman–Crippen LogP) is -4.57. The molecule has 0 unspecified atom stereocenters. The maximum absolute atomic E-state index is 14.3. The average Bonchev–Trinajstić information content (AvgIpc) is 1.74. The third-order valence-electron chi connectivity index (χ3n) is 15.1. The first kappa shape index (κ1) is 86.7. The van der Waals surface area contributed by atoms with E-state index in [4.69, 9.17) is 11.5 Å². The standard InChI is InChI=1S/C62H91N15O19S5/c1-29(2)18-39(55(88)68-37(14-15-47(64)80)53(86)74-44(26-98)59(92)71-41(20-32-22-65-36-9-7-6-8-34(32)36)57(90)69-38(16-17-101-5)54(87)76-46(28-100)62(95)96)67-48(81)23-66-52(85)42(21-49(82)83)72-60(93)45(27-99)75-56(89)40(19-31-10-12-33(79)13-11-31)70-58(91)43(24-78)73-61(94)50(30(3)4)77-51(84)35(63)25-97/h6-13,22,29-30,35,37-46,50,65,78-79,97-100H,14-21,23-28,63H2,1-5H3,(H2,64,80)(H,66,85)(H,67,81)(H,68,88)(H,69,90)(H,70,91)(H,71,92)(H,72,93)(H,73,94)(H,74,86)(H,75,89)(H,76,87)(H,77,84)(H,82,83)(H,95,96)/t35-,37-,38-,39-,40-,41-,42-,43-,44-,45-,46-,50-/m0/s1. The summed E-state index contributed by atoms with van der Waals surface area (Å²) in [6.07, 6.45) is 0.715. The number of para-hydroxylation sites is 1. The molecule has 3 aromatic rings. The zero-order valence-corrected chi connectivity index (χ0v) is 60.3. The van der Waals surface area contributed by atoms with Crippen LogP contribution in [0.4, 0.5) is 0 Å². The summed E-state index contributed by atoms with van der Waals surface area (Å²) < 4.78 is 0. The highest BCUT2D eigenvalue weighted by Crippen LogP contribution is 2.20. The van der Waals surface area contributed by atoms with Gasteiger partial charge in [-0.1, -0.05) is 58.0 Å². The summed E-state index contributed by atoms with van der Waals surface area (Å²) in [7, 11) is 0. The smallest absolute Gasteiger partial charge is 0.327 e. The van der Waals surface area contributed by atoms with Gasteiger partial charge in [0.15, 0.2) is 0 Å². The van der Waals surface area contributed by atoms with Gasteiger partial charge in [-0.25, -0.2) is 4.79 Å². The maximum Gasteiger partial charge on any atom is 0.327 e. The van der Waals surface area contributed by atoms with Gasteiger partial charge in [0, 0.05) is 59.4 Å². The fourth-order valence-corrected chi connectivity index (χ4v) is 11.0. The molecule has 34 nitrogen and oxygen atoms in total. The molecule has 0 aliphatic rings. The van der Waals surface area contributed by atoms with Crippen molar-refractivity contribution in [3.05, 3.63) is 65.9 Å². The first-order valence-corrected chi connectivity index (χ1v) is 35.6. The van der Waals surface area contributed by atoms with Gasteiger partial charge in [-0.05, 0) is 72.4 Å². The monoisotopic (exact) mass is 1510 g/mol. The Morgan fingerprint density at radius 2 is 1.00 bits per heavy atom. The van der Waals surface area contributed by atoms with E-state index in [2.05, 4.69) is 119 Å². The zero-order valence-electron chi connectivity index (χ0n) is 55.9. The minimum atomic E-state index is -1.95. The number of aliphatic carboxylic acids is 2. The van der Waals surface area contributed by atoms with Crippen molar-refractivity contribution in [2.45, 2.75) is 145 Å². The summed E-state index contributed by atoms with van der Waals surface area (Å²) in [6, 6.07) is -5.76. The second kappa shape index (κ2) is 44.0. The number of benzene rings is 2. The van der Waals surface area contributed by atoms with Crippen LogP contribution in [0, 0.1) is 11.8 Å². The van der Waals surface area contributed by atoms with E-state index in [0.29, 0.717) is 27.8 Å². The van der Waals surface area contributed by atoms with E-state index in [-0.39, 0.29) is 48.9 Å². The molecule has 101 heavy (non-hydrogen) atoms. The van der Waals surface area contributed by atoms with Crippen molar-refractivity contribution in [3.63, 3.8) is 0 Å². The lowest BCUT2D eigenvalue weighted by molar-refractivity contribution is -0.142. The van der Waals surface area contributed by atoms with E-state index in [9.17, 15) is 92.3 Å². The Morgan fingerprint density at radius 1 is 0.525 bits per heavy atom. The molecule has 0 fully saturated rings. The number of aromatic nitrogens is 1. The number of rotatable bonds is 45. The number of nitrogens with two attached hydrogens (primary N) is 2. The molecular formula is C62H91N15O19S5. The van der Waals surface area contributed by atoms with E-state index in [1.807, 2.05) is 0 Å². The number of hydrogen-bond donors (Lipinski definition) is 23. The fraction of sp³-hybridized carbons (Fsp3) is 0.532. The van der Waals surface area contributed by atoms with Crippen LogP contribution in [0.15, 0.2) is 54.7 Å². The quantitative estimate of drug-likeness (QED) is 0.0237. The van der Waals surface area contributed by atoms with Gasteiger partial charge in [0.1, 0.15) is 72.2 Å². The van der Waals surface area contributed by atoms with Crippen molar-refractivity contribution in [1.82, 2.24) is 68.8 Å². The van der Waals surface area contributed by atoms with Crippen molar-refractivity contribution in [2.24, 2.45) is 23.3 Å². The Balaban J connectivity index is 1.82. The SMILES string of the molecule is CSCC[C@H](NC(=O)[C@H](Cc1c[nH]c2ccccc12)NC(=O)[C@H](CS)NC(=O)[C@H](CCC(N)=O)NC(=O)[C@H](CC(C)C)NC(=O)CNC(=O)[C@H](CC(=O)O)NC(=O)[C@H](CS)NC(=O)[C@H](Cc1ccc(O)cc1)NC(=O)[C@H](CO)NC(=O)[C@@H](NC(=O)[C@@H](N)CS)C(C)C)C(=O)N[C@@H](CS)C(=O)O. The number of carboxylic acid groups (broad SMARTS) is 2. The van der Waals surface area contributed by atoms with Crippen LogP contribution in [0.2, 0.25) is 0 Å². The Bertz CT molecular complexity index is 3390. The van der Waals surface area contributed by atoms with Crippen molar-refractivity contribution in [3.8, 4) is 5.75 Å². The highest BCUT2D eigenvalue weighted by molar-refractivity contribution is 7.98. The number of primary amides is 1. The molecule has 12 atom stereocenters. The molecule has 0 saturated heterocycles. The zero-order chi connectivity index (χ0) is 75.8. The van der Waals surface area contributed by atoms with Gasteiger partial charge >= 0.3 is 11.9 Å². The number of aromatic hydroxyl groups is 1. The second-order valence-electron chi connectivity index (χ2n) is 23.9. The Morgan fingerprint density at radius 3 is 1.50 bits per heavy atom. The van der Waals surface area contributed by atoms with Gasteiger partial charge in [-0.15, -0.1) is 0 Å². The van der Waals surface area contributed by atoms with E-state index in [0.717, 1.165) is 0 Å². The number of carbonyl (C=O) groups excluding carboxylic acids is 13. The third-order valence-corrected chi connectivity index (χ3v) is 17.2. The Labute approximate surface area is 608 Å². The number of thioether (sulfide) groups is 1. The third kappa shape index (κ3) is 29.5. The van der Waals surface area contributed by atoms with Crippen molar-refractivity contribution in [1.29, 1.82) is 0 Å². The summed E-state index contributed by atoms with van der Waals surface area (Å²) in [4.78, 5) is 204. The number of phenolic OH excluding ortho intramolecular Hbond substituents is 1. The van der Waals surface area contributed by atoms with Crippen LogP contribution in [0.1, 0.15) is 70.9 Å². The van der Waals surface area contributed by atoms with Gasteiger partial charge < -0.3 is 101 Å². The summed E-state index contributed by atoms with van der Waals surface area (Å²) in [5.41, 5.74) is 12.8. The highest BCUT2D eigenvalue weighted by atomic mass is 32.2. The molecule has 0 radical (unpaired) electrons. The largest absolute Gasteiger partial charge is 0.508 e. The number of amides is 13. The van der Waals surface area contributed by atoms with Gasteiger partial charge in [-0.2, -0.15) is 62.3 Å². The normalized spacial score (nSPS) is 14.7. The summed E-state index contributed by atoms with van der Waals surface area (Å²) in [5.74, 6) is -18.0. The molecule has 39 heteroatoms. The molecule has 0 aliphatic carbocycles. The van der Waals surface area contributed by atoms with E-state index < -0.39 is 211 Å². The van der Waals surface area contributed by atoms with E-state index in [1.165, 1.54) is 36.0 Å². The van der Waals surface area contributed by atoms with Crippen LogP contribution in [0.3, 0.4) is 0 Å². The van der Waals surface area contributed by atoms with Gasteiger partial charge in [0.05, 0.1) is 25.6 Å². The van der Waals surface area contributed by atoms with Crippen LogP contribution in [-0.4, -0.2) is 235 Å². The number of nitrogens with one attached hydrogen (secondary N) is 13. The molecule has 1 heterocycles. The average molecular weight is 1510 g/mol. The number of H-pyrrole nitrogens is 1. The lowest BCUT2D eigenvalue weighted by Gasteiger charge is -2.27. The fourth-order valence-electron chi connectivity index (χ4n) is 9.58. The minimum absolute atomic E-state index is 0.0428. The number of phenols is 1. The summed E-state index contributed by atoms with van der Waals surface area (Å²) in [6.45, 7) is 4.54. The number of thiol groups is 4. The van der Waals surface area contributed by atoms with Crippen LogP contribution in [0.5, 0.6) is 5.75 Å². The summed E-state index contributed by atoms with van der Waals surface area (Å²) in [5, 5.41) is 69.1. The molecule has 0 bridgehead atoms. The molecule has 0 spiro atoms. The van der Waals surface area contributed by atoms with Crippen molar-refractivity contribution < 1.29 is 92.3 Å². The van der Waals surface area contributed by atoms with Crippen LogP contribution < -0.4 is 75.3 Å². The molecule has 558 valence electrons. The number of hydrogen-bond acceptors (Lipinski definition) is 23. The molecule has 1 aromatic heterocycles. The van der Waals surface area contributed by atoms with Crippen LogP contribution >= 0.6 is 62.3 Å². The van der Waals surface area contributed by atoms with Crippen molar-refractivity contribution in [2.75, 3.05) is 48.2 Å². The highest BCUT2D eigenvalue weighted by Gasteiger charge is 2.37. The number of carbonyl (C=O) groups is 15. The summed E-state index contributed by atoms with van der Waals surface area (Å²) >= 11 is 17.8. The topological polar surface area (TPSA) is 549 Å². The first-order valence-electron chi connectivity index (χ1n) is 31.7. The second-order valence-corrected chi connectivity index (χ2v) is 26.4. The lowest BCUT2D eigenvalue weighted by atomic mass is 10.0. The molecule has 0 saturated carbocycles. The molecular weight excluding hydrogens is 1420 g/mol. The number of aliphatic hydroxyl groups excluding tert-OH is 1. The van der Waals surface area contributed by atoms with Gasteiger partial charge in [-0.3, -0.25) is 67.1 Å². The number of aliphatic hydroxyl groups is 1. The van der Waals surface area contributed by atoms with E-state index in [1.54, 1.807) is 64.4 Å². The molecule has 2 aromatic carbocycles. The Hall–Kier alpha value is -8.50. The Kier molecular flexibility index (Phi) is 37.8. The lowest BCUT2D eigenvalue weighted by Crippen LogP contribution is -2.61. The maximum atomic E-state index is 14.3. The van der Waals surface area contributed by atoms with Crippen molar-refractivity contribution >= 4 is 162 Å². The molecule has 13 amide bonds. The molecule has 21 N–H and O–H groups in total.